The number of aryl methyl sites for hydroxylation is 1. The number of nitriles is 1. The number of nitrogens with zero attached hydrogens (tertiary/aromatic N) is 3. The molecule has 0 radical (unpaired) electrons. The standard InChI is InChI=1S/C27H28ClN3O2/c1-18(32)24-17-30(27-19(16-29)6-4-7-23(24)27)12-5-13-31-20-10-11-21(31)15-22(14-20)33-26-9-3-2-8-25(26)28/h2-4,6-9,17,20-22H,5,10-15H2,1H3. The average molecular weight is 462 g/mol. The van der Waals surface area contributed by atoms with E-state index in [1.807, 2.05) is 48.7 Å². The van der Waals surface area contributed by atoms with Gasteiger partial charge in [0.2, 0.25) is 0 Å². The first-order chi connectivity index (χ1) is 16.0. The summed E-state index contributed by atoms with van der Waals surface area (Å²) in [5, 5.41) is 11.1. The maximum atomic E-state index is 12.1. The number of benzene rings is 2. The van der Waals surface area contributed by atoms with Gasteiger partial charge < -0.3 is 9.30 Å². The zero-order valence-electron chi connectivity index (χ0n) is 18.8. The van der Waals surface area contributed by atoms with Crippen LogP contribution in [-0.2, 0) is 6.54 Å². The van der Waals surface area contributed by atoms with Crippen LogP contribution in [0.1, 0.15) is 54.9 Å². The molecular formula is C27H28ClN3O2. The normalized spacial score (nSPS) is 22.4. The smallest absolute Gasteiger partial charge is 0.161 e. The monoisotopic (exact) mass is 461 g/mol. The molecule has 0 amide bonds. The fourth-order valence-electron chi connectivity index (χ4n) is 5.74. The summed E-state index contributed by atoms with van der Waals surface area (Å²) in [5.41, 5.74) is 2.19. The Labute approximate surface area is 199 Å². The lowest BCUT2D eigenvalue weighted by Gasteiger charge is -2.39. The summed E-state index contributed by atoms with van der Waals surface area (Å²) in [6.45, 7) is 3.39. The second-order valence-electron chi connectivity index (χ2n) is 9.22. The number of piperidine rings is 1. The van der Waals surface area contributed by atoms with Crippen molar-refractivity contribution in [1.82, 2.24) is 9.47 Å². The number of Topliss-reactive ketones (excluding diaryl/α,β-unsaturated/α-hetero) is 1. The van der Waals surface area contributed by atoms with Gasteiger partial charge in [0, 0.05) is 42.3 Å². The fraction of sp³-hybridized carbons (Fsp3) is 0.407. The molecule has 2 atom stereocenters. The molecule has 0 saturated carbocycles. The number of rotatable bonds is 7. The van der Waals surface area contributed by atoms with Gasteiger partial charge in [-0.25, -0.2) is 0 Å². The molecule has 170 valence electrons. The van der Waals surface area contributed by atoms with Gasteiger partial charge in [0.15, 0.2) is 5.78 Å². The maximum Gasteiger partial charge on any atom is 0.161 e. The van der Waals surface area contributed by atoms with Gasteiger partial charge in [-0.1, -0.05) is 35.9 Å². The summed E-state index contributed by atoms with van der Waals surface area (Å²) < 4.78 is 8.36. The Morgan fingerprint density at radius 1 is 1.12 bits per heavy atom. The number of hydrogen-bond acceptors (Lipinski definition) is 4. The third-order valence-electron chi connectivity index (χ3n) is 7.18. The lowest BCUT2D eigenvalue weighted by atomic mass is 9.99. The van der Waals surface area contributed by atoms with Gasteiger partial charge in [-0.15, -0.1) is 0 Å². The van der Waals surface area contributed by atoms with Gasteiger partial charge in [-0.2, -0.15) is 5.26 Å². The highest BCUT2D eigenvalue weighted by Crippen LogP contribution is 2.38. The van der Waals surface area contributed by atoms with E-state index in [1.165, 1.54) is 12.8 Å². The van der Waals surface area contributed by atoms with Crippen LogP contribution < -0.4 is 4.74 Å². The molecule has 1 aromatic heterocycles. The molecule has 2 aliphatic heterocycles. The van der Waals surface area contributed by atoms with Crippen molar-refractivity contribution in [3.63, 3.8) is 0 Å². The van der Waals surface area contributed by atoms with Gasteiger partial charge in [-0.05, 0) is 57.2 Å². The molecule has 0 spiro atoms. The van der Waals surface area contributed by atoms with E-state index in [2.05, 4.69) is 15.5 Å². The van der Waals surface area contributed by atoms with E-state index in [0.29, 0.717) is 28.2 Å². The summed E-state index contributed by atoms with van der Waals surface area (Å²) in [4.78, 5) is 14.8. The summed E-state index contributed by atoms with van der Waals surface area (Å²) in [5.74, 6) is 0.818. The molecule has 6 heteroatoms. The molecule has 5 rings (SSSR count). The number of ketones is 1. The molecule has 2 saturated heterocycles. The van der Waals surface area contributed by atoms with Crippen molar-refractivity contribution < 1.29 is 9.53 Å². The van der Waals surface area contributed by atoms with Crippen molar-refractivity contribution in [2.75, 3.05) is 6.54 Å². The Morgan fingerprint density at radius 2 is 1.88 bits per heavy atom. The molecule has 33 heavy (non-hydrogen) atoms. The largest absolute Gasteiger partial charge is 0.489 e. The van der Waals surface area contributed by atoms with Crippen molar-refractivity contribution >= 4 is 28.3 Å². The lowest BCUT2D eigenvalue weighted by Crippen LogP contribution is -2.46. The van der Waals surface area contributed by atoms with Gasteiger partial charge >= 0.3 is 0 Å². The number of para-hydroxylation sites is 2. The fourth-order valence-corrected chi connectivity index (χ4v) is 5.92. The minimum atomic E-state index is 0.0347. The molecule has 2 aromatic carbocycles. The average Bonchev–Trinajstić information content (AvgIpc) is 3.29. The third kappa shape index (κ3) is 4.26. The number of carbonyl (C=O) groups excluding carboxylic acids is 1. The number of fused-ring (bicyclic) bond motifs is 3. The molecular weight excluding hydrogens is 434 g/mol. The molecule has 2 aliphatic rings. The van der Waals surface area contributed by atoms with Crippen molar-refractivity contribution in [3.05, 3.63) is 64.8 Å². The van der Waals surface area contributed by atoms with Crippen LogP contribution in [0.3, 0.4) is 0 Å². The number of ether oxygens (including phenoxy) is 1. The summed E-state index contributed by atoms with van der Waals surface area (Å²) >= 11 is 6.29. The molecule has 2 fully saturated rings. The van der Waals surface area contributed by atoms with Crippen LogP contribution >= 0.6 is 11.6 Å². The van der Waals surface area contributed by atoms with Gasteiger partial charge in [0.25, 0.3) is 0 Å². The quantitative estimate of drug-likeness (QED) is 0.415. The van der Waals surface area contributed by atoms with Crippen molar-refractivity contribution in [2.45, 2.75) is 63.8 Å². The van der Waals surface area contributed by atoms with Crippen molar-refractivity contribution in [2.24, 2.45) is 0 Å². The van der Waals surface area contributed by atoms with Crippen LogP contribution in [0, 0.1) is 11.3 Å². The predicted molar refractivity (Wildman–Crippen MR) is 130 cm³/mol. The Bertz CT molecular complexity index is 1210. The van der Waals surface area contributed by atoms with Crippen molar-refractivity contribution in [1.29, 1.82) is 5.26 Å². The van der Waals surface area contributed by atoms with E-state index in [4.69, 9.17) is 16.3 Å². The molecule has 3 aromatic rings. The number of hydrogen-bond donors (Lipinski definition) is 0. The van der Waals surface area contributed by atoms with Crippen LogP contribution in [0.15, 0.2) is 48.7 Å². The first-order valence-corrected chi connectivity index (χ1v) is 12.1. The molecule has 2 unspecified atom stereocenters. The topological polar surface area (TPSA) is 58.3 Å². The Kier molecular flexibility index (Phi) is 6.14. The Morgan fingerprint density at radius 3 is 2.58 bits per heavy atom. The molecule has 5 nitrogen and oxygen atoms in total. The molecule has 0 aliphatic carbocycles. The van der Waals surface area contributed by atoms with Crippen LogP contribution in [0.2, 0.25) is 5.02 Å². The first-order valence-electron chi connectivity index (χ1n) is 11.7. The second-order valence-corrected chi connectivity index (χ2v) is 9.63. The van der Waals surface area contributed by atoms with Gasteiger partial charge in [-0.3, -0.25) is 9.69 Å². The van der Waals surface area contributed by atoms with Crippen molar-refractivity contribution in [3.8, 4) is 11.8 Å². The summed E-state index contributed by atoms with van der Waals surface area (Å²) in [6.07, 6.45) is 7.60. The highest BCUT2D eigenvalue weighted by atomic mass is 35.5. The zero-order chi connectivity index (χ0) is 22.9. The lowest BCUT2D eigenvalue weighted by molar-refractivity contribution is 0.0482. The maximum absolute atomic E-state index is 12.1. The van der Waals surface area contributed by atoms with Crippen LogP contribution in [0.25, 0.3) is 10.9 Å². The third-order valence-corrected chi connectivity index (χ3v) is 7.50. The van der Waals surface area contributed by atoms with E-state index >= 15 is 0 Å². The molecule has 3 heterocycles. The Hall–Kier alpha value is -2.81. The van der Waals surface area contributed by atoms with Gasteiger partial charge in [0.1, 0.15) is 17.9 Å². The van der Waals surface area contributed by atoms with E-state index in [1.54, 1.807) is 6.92 Å². The summed E-state index contributed by atoms with van der Waals surface area (Å²) in [6, 6.07) is 16.7. The highest BCUT2D eigenvalue weighted by molar-refractivity contribution is 6.32. The first kappa shape index (κ1) is 22.0. The number of halogens is 1. The number of carbonyl (C=O) groups is 1. The SMILES string of the molecule is CC(=O)c1cn(CCCN2C3CCC2CC(Oc2ccccc2Cl)C3)c2c(C#N)cccc12. The highest BCUT2D eigenvalue weighted by Gasteiger charge is 2.41. The van der Waals surface area contributed by atoms with E-state index in [0.717, 1.165) is 49.0 Å². The molecule has 0 N–H and O–H groups in total. The summed E-state index contributed by atoms with van der Waals surface area (Å²) in [7, 11) is 0. The minimum Gasteiger partial charge on any atom is -0.489 e. The predicted octanol–water partition coefficient (Wildman–Crippen LogP) is 5.83. The second kappa shape index (κ2) is 9.21. The van der Waals surface area contributed by atoms with Crippen LogP contribution in [0.4, 0.5) is 0 Å². The Balaban J connectivity index is 1.25. The number of aromatic nitrogens is 1. The zero-order valence-corrected chi connectivity index (χ0v) is 19.6. The van der Waals surface area contributed by atoms with E-state index in [-0.39, 0.29) is 11.9 Å². The van der Waals surface area contributed by atoms with E-state index in [9.17, 15) is 10.1 Å². The minimum absolute atomic E-state index is 0.0347. The van der Waals surface area contributed by atoms with Crippen LogP contribution in [-0.4, -0.2) is 40.0 Å². The van der Waals surface area contributed by atoms with Crippen LogP contribution in [0.5, 0.6) is 5.75 Å². The molecule has 2 bridgehead atoms. The van der Waals surface area contributed by atoms with E-state index < -0.39 is 0 Å². The van der Waals surface area contributed by atoms with Gasteiger partial charge in [0.05, 0.1) is 16.1 Å².